The van der Waals surface area contributed by atoms with E-state index >= 15 is 0 Å². The molecule has 33 heavy (non-hydrogen) atoms. The third kappa shape index (κ3) is 5.22. The average Bonchev–Trinajstić information content (AvgIpc) is 2.83. The van der Waals surface area contributed by atoms with E-state index in [1.54, 1.807) is 29.7 Å². The van der Waals surface area contributed by atoms with Gasteiger partial charge in [-0.3, -0.25) is 14.9 Å². The van der Waals surface area contributed by atoms with Crippen molar-refractivity contribution in [1.29, 1.82) is 0 Å². The zero-order valence-corrected chi connectivity index (χ0v) is 18.4. The lowest BCUT2D eigenvalue weighted by atomic mass is 10.0. The van der Waals surface area contributed by atoms with Gasteiger partial charge in [0.2, 0.25) is 5.69 Å². The number of nitrogens with zero attached hydrogens (tertiary/aromatic N) is 6. The van der Waals surface area contributed by atoms with Gasteiger partial charge in [-0.2, -0.15) is 0 Å². The van der Waals surface area contributed by atoms with Crippen LogP contribution in [0.25, 0.3) is 16.0 Å². The molecule has 1 N–H and O–H groups in total. The predicted octanol–water partition coefficient (Wildman–Crippen LogP) is 2.81. The first kappa shape index (κ1) is 22.5. The lowest BCUT2D eigenvalue weighted by molar-refractivity contribution is -0.385. The molecular weight excluding hydrogens is 422 g/mol. The molecule has 3 heterocycles. The number of hydrogen-bond acceptors (Lipinski definition) is 7. The molecule has 10 heteroatoms. The van der Waals surface area contributed by atoms with Crippen molar-refractivity contribution in [3.8, 4) is 0 Å². The summed E-state index contributed by atoms with van der Waals surface area (Å²) in [6.45, 7) is 12.5. The Morgan fingerprint density at radius 1 is 1.21 bits per heavy atom. The van der Waals surface area contributed by atoms with Crippen molar-refractivity contribution < 1.29 is 4.92 Å². The number of fused-ring (bicyclic) bond motifs is 1. The van der Waals surface area contributed by atoms with E-state index in [1.807, 2.05) is 6.07 Å². The molecule has 0 unspecified atom stereocenters. The molecule has 0 radical (unpaired) electrons. The SMILES string of the molecule is [C-]#[N+]c1cnc2ncc(=O)n(CCN3CCC(NCc4ccc(C)c([N+](=O)[O-])c4)CC3)c2c1. The van der Waals surface area contributed by atoms with Crippen molar-refractivity contribution in [2.45, 2.75) is 38.9 Å². The van der Waals surface area contributed by atoms with E-state index in [-0.39, 0.29) is 16.2 Å². The fourth-order valence-corrected chi connectivity index (χ4v) is 4.16. The lowest BCUT2D eigenvalue weighted by Gasteiger charge is -2.32. The fraction of sp³-hybridized carbons (Fsp3) is 0.391. The summed E-state index contributed by atoms with van der Waals surface area (Å²) in [5.41, 5.74) is 2.96. The third-order valence-electron chi connectivity index (χ3n) is 6.11. The average molecular weight is 447 g/mol. The Morgan fingerprint density at radius 3 is 2.70 bits per heavy atom. The van der Waals surface area contributed by atoms with Crippen LogP contribution in [0, 0.1) is 23.6 Å². The number of aryl methyl sites for hydroxylation is 1. The second-order valence-corrected chi connectivity index (χ2v) is 8.27. The zero-order chi connectivity index (χ0) is 23.4. The number of nitro groups is 1. The summed E-state index contributed by atoms with van der Waals surface area (Å²) in [6, 6.07) is 7.36. The number of rotatable bonds is 7. The third-order valence-corrected chi connectivity index (χ3v) is 6.11. The Morgan fingerprint density at radius 2 is 1.97 bits per heavy atom. The lowest BCUT2D eigenvalue weighted by Crippen LogP contribution is -2.43. The van der Waals surface area contributed by atoms with Gasteiger partial charge >= 0.3 is 0 Å². The highest BCUT2D eigenvalue weighted by atomic mass is 16.6. The number of hydrogen-bond donors (Lipinski definition) is 1. The maximum absolute atomic E-state index is 12.4. The summed E-state index contributed by atoms with van der Waals surface area (Å²) >= 11 is 0. The molecule has 1 aliphatic rings. The molecule has 0 bridgehead atoms. The summed E-state index contributed by atoms with van der Waals surface area (Å²) in [4.78, 5) is 37.2. The van der Waals surface area contributed by atoms with E-state index < -0.39 is 0 Å². The summed E-state index contributed by atoms with van der Waals surface area (Å²) in [5, 5.41) is 14.7. The first-order valence-corrected chi connectivity index (χ1v) is 10.9. The number of likely N-dealkylation sites (tertiary alicyclic amines) is 1. The van der Waals surface area contributed by atoms with Gasteiger partial charge in [0.1, 0.15) is 0 Å². The molecule has 170 valence electrons. The summed E-state index contributed by atoms with van der Waals surface area (Å²) in [6.07, 6.45) is 4.66. The van der Waals surface area contributed by atoms with Crippen molar-refractivity contribution in [3.05, 3.63) is 79.7 Å². The van der Waals surface area contributed by atoms with E-state index in [0.717, 1.165) is 38.0 Å². The number of benzene rings is 1. The van der Waals surface area contributed by atoms with E-state index in [1.165, 1.54) is 12.4 Å². The monoisotopic (exact) mass is 447 g/mol. The molecule has 10 nitrogen and oxygen atoms in total. The molecule has 1 aliphatic heterocycles. The normalized spacial score (nSPS) is 14.9. The smallest absolute Gasteiger partial charge is 0.272 e. The molecule has 1 aromatic carbocycles. The molecule has 0 saturated carbocycles. The molecule has 0 spiro atoms. The summed E-state index contributed by atoms with van der Waals surface area (Å²) < 4.78 is 1.64. The van der Waals surface area contributed by atoms with Crippen molar-refractivity contribution in [2.24, 2.45) is 0 Å². The van der Waals surface area contributed by atoms with Gasteiger partial charge in [-0.25, -0.2) is 14.8 Å². The van der Waals surface area contributed by atoms with E-state index in [4.69, 9.17) is 6.57 Å². The van der Waals surface area contributed by atoms with Crippen LogP contribution in [0.5, 0.6) is 0 Å². The van der Waals surface area contributed by atoms with Gasteiger partial charge in [0, 0.05) is 43.5 Å². The van der Waals surface area contributed by atoms with Crippen molar-refractivity contribution in [2.75, 3.05) is 19.6 Å². The van der Waals surface area contributed by atoms with Crippen molar-refractivity contribution in [3.63, 3.8) is 0 Å². The Labute approximate surface area is 190 Å². The highest BCUT2D eigenvalue weighted by molar-refractivity contribution is 5.74. The van der Waals surface area contributed by atoms with Crippen LogP contribution in [0.4, 0.5) is 11.4 Å². The van der Waals surface area contributed by atoms with Crippen LogP contribution < -0.4 is 10.9 Å². The Bertz CT molecular complexity index is 1270. The second-order valence-electron chi connectivity index (χ2n) is 8.27. The standard InChI is InChI=1S/C23H25N7O3/c1-16-3-4-17(11-20(16)30(32)33)13-25-18-5-7-28(8-6-18)9-10-29-21-12-19(24-2)14-26-23(21)27-15-22(29)31/h3-4,11-12,14-15,18,25H,5-10,13H2,1H3. The fourth-order valence-electron chi connectivity index (χ4n) is 4.16. The van der Waals surface area contributed by atoms with Crippen molar-refractivity contribution in [1.82, 2.24) is 24.8 Å². The molecule has 0 atom stereocenters. The van der Waals surface area contributed by atoms with Crippen LogP contribution in [-0.2, 0) is 13.1 Å². The van der Waals surface area contributed by atoms with Gasteiger partial charge in [-0.15, -0.1) is 0 Å². The molecule has 0 aliphatic carbocycles. The number of piperidine rings is 1. The Hall–Kier alpha value is -3.68. The van der Waals surface area contributed by atoms with Gasteiger partial charge in [-0.05, 0) is 44.5 Å². The van der Waals surface area contributed by atoms with Crippen LogP contribution in [-0.4, -0.2) is 50.0 Å². The minimum Gasteiger partial charge on any atom is -0.310 e. The number of pyridine rings is 1. The first-order chi connectivity index (χ1) is 15.9. The molecule has 0 amide bonds. The minimum absolute atomic E-state index is 0.154. The predicted molar refractivity (Wildman–Crippen MR) is 124 cm³/mol. The zero-order valence-electron chi connectivity index (χ0n) is 18.4. The van der Waals surface area contributed by atoms with Gasteiger partial charge in [0.25, 0.3) is 11.2 Å². The second kappa shape index (κ2) is 9.85. The number of nitrogens with one attached hydrogen (secondary N) is 1. The molecule has 3 aromatic rings. The molecule has 4 rings (SSSR count). The van der Waals surface area contributed by atoms with Crippen LogP contribution in [0.2, 0.25) is 0 Å². The van der Waals surface area contributed by atoms with Gasteiger partial charge in [-0.1, -0.05) is 12.1 Å². The first-order valence-electron chi connectivity index (χ1n) is 10.9. The van der Waals surface area contributed by atoms with Gasteiger partial charge in [0.15, 0.2) is 5.65 Å². The highest BCUT2D eigenvalue weighted by Gasteiger charge is 2.19. The molecule has 1 saturated heterocycles. The summed E-state index contributed by atoms with van der Waals surface area (Å²) in [7, 11) is 0. The van der Waals surface area contributed by atoms with E-state index in [0.29, 0.717) is 41.5 Å². The molecular formula is C23H25N7O3. The van der Waals surface area contributed by atoms with E-state index in [2.05, 4.69) is 25.0 Å². The van der Waals surface area contributed by atoms with Crippen LogP contribution in [0.15, 0.2) is 41.5 Å². The van der Waals surface area contributed by atoms with Crippen molar-refractivity contribution >= 4 is 22.5 Å². The number of nitro benzene ring substituents is 1. The quantitative estimate of drug-likeness (QED) is 0.337. The van der Waals surface area contributed by atoms with Gasteiger partial charge in [0.05, 0.1) is 23.2 Å². The Balaban J connectivity index is 1.31. The van der Waals surface area contributed by atoms with Crippen LogP contribution in [0.3, 0.4) is 0 Å². The highest BCUT2D eigenvalue weighted by Crippen LogP contribution is 2.20. The number of aromatic nitrogens is 3. The van der Waals surface area contributed by atoms with Gasteiger partial charge < -0.3 is 14.8 Å². The Kier molecular flexibility index (Phi) is 6.72. The topological polar surface area (TPSA) is 111 Å². The minimum atomic E-state index is -0.340. The van der Waals surface area contributed by atoms with Crippen LogP contribution >= 0.6 is 0 Å². The van der Waals surface area contributed by atoms with E-state index in [9.17, 15) is 14.9 Å². The molecule has 2 aromatic heterocycles. The van der Waals surface area contributed by atoms with Crippen LogP contribution in [0.1, 0.15) is 24.0 Å². The largest absolute Gasteiger partial charge is 0.310 e. The summed E-state index contributed by atoms with van der Waals surface area (Å²) in [5.74, 6) is 0. The molecule has 1 fully saturated rings. The maximum Gasteiger partial charge on any atom is 0.272 e. The maximum atomic E-state index is 12.4.